The number of benzene rings is 1. The van der Waals surface area contributed by atoms with Crippen molar-refractivity contribution >= 4 is 22.9 Å². The maximum absolute atomic E-state index is 5.60. The number of nitrogens with two attached hydrogens (primary N) is 1. The summed E-state index contributed by atoms with van der Waals surface area (Å²) in [5, 5.41) is 3.41. The van der Waals surface area contributed by atoms with Gasteiger partial charge < -0.3 is 11.1 Å². The third-order valence-corrected chi connectivity index (χ3v) is 2.74. The van der Waals surface area contributed by atoms with E-state index < -0.39 is 0 Å². The van der Waals surface area contributed by atoms with Gasteiger partial charge in [0.1, 0.15) is 4.99 Å². The van der Waals surface area contributed by atoms with Crippen LogP contribution in [0, 0.1) is 6.92 Å². The Morgan fingerprint density at radius 2 is 2.20 bits per heavy atom. The fourth-order valence-corrected chi connectivity index (χ4v) is 1.65. The maximum atomic E-state index is 5.60. The van der Waals surface area contributed by atoms with Gasteiger partial charge in [-0.05, 0) is 44.0 Å². The first kappa shape index (κ1) is 12.0. The Bertz CT molecular complexity index is 361. The topological polar surface area (TPSA) is 38.0 Å². The van der Waals surface area contributed by atoms with Crippen molar-refractivity contribution in [1.29, 1.82) is 0 Å². The normalized spacial score (nSPS) is 12.2. The monoisotopic (exact) mass is 222 g/mol. The number of hydrogen-bond donors (Lipinski definition) is 2. The predicted octanol–water partition coefficient (Wildman–Crippen LogP) is 2.84. The molecule has 0 bridgehead atoms. The number of aryl methyl sites for hydroxylation is 1. The molecule has 15 heavy (non-hydrogen) atoms. The van der Waals surface area contributed by atoms with Gasteiger partial charge in [0, 0.05) is 17.3 Å². The van der Waals surface area contributed by atoms with Crippen LogP contribution in [-0.2, 0) is 0 Å². The van der Waals surface area contributed by atoms with E-state index >= 15 is 0 Å². The molecule has 82 valence electrons. The van der Waals surface area contributed by atoms with Gasteiger partial charge in [-0.25, -0.2) is 0 Å². The zero-order chi connectivity index (χ0) is 11.4. The summed E-state index contributed by atoms with van der Waals surface area (Å²) in [6, 6.07) is 6.57. The largest absolute Gasteiger partial charge is 0.389 e. The zero-order valence-corrected chi connectivity index (χ0v) is 10.3. The number of anilines is 1. The second-order valence-electron chi connectivity index (χ2n) is 3.85. The molecule has 1 unspecified atom stereocenters. The first-order valence-corrected chi connectivity index (χ1v) is 5.62. The highest BCUT2D eigenvalue weighted by Gasteiger charge is 2.03. The van der Waals surface area contributed by atoms with Crippen molar-refractivity contribution in [2.75, 3.05) is 5.32 Å². The minimum atomic E-state index is 0.461. The molecule has 0 aromatic heterocycles. The second kappa shape index (κ2) is 5.12. The minimum Gasteiger partial charge on any atom is -0.389 e. The van der Waals surface area contributed by atoms with Crippen LogP contribution < -0.4 is 11.1 Å². The van der Waals surface area contributed by atoms with Crippen molar-refractivity contribution < 1.29 is 0 Å². The van der Waals surface area contributed by atoms with E-state index in [4.69, 9.17) is 18.0 Å². The van der Waals surface area contributed by atoms with Crippen molar-refractivity contribution in [2.45, 2.75) is 33.2 Å². The van der Waals surface area contributed by atoms with Crippen LogP contribution in [0.25, 0.3) is 0 Å². The van der Waals surface area contributed by atoms with Crippen LogP contribution in [0.15, 0.2) is 18.2 Å². The Balaban J connectivity index is 2.87. The summed E-state index contributed by atoms with van der Waals surface area (Å²) in [6.45, 7) is 6.35. The van der Waals surface area contributed by atoms with Crippen LogP contribution in [0.3, 0.4) is 0 Å². The lowest BCUT2D eigenvalue weighted by Gasteiger charge is -2.14. The van der Waals surface area contributed by atoms with Gasteiger partial charge in [-0.1, -0.05) is 19.1 Å². The molecule has 3 heteroatoms. The quantitative estimate of drug-likeness (QED) is 0.769. The lowest BCUT2D eigenvalue weighted by atomic mass is 10.1. The van der Waals surface area contributed by atoms with Gasteiger partial charge in [-0.2, -0.15) is 0 Å². The number of rotatable bonds is 4. The van der Waals surface area contributed by atoms with E-state index in [0.717, 1.165) is 23.2 Å². The van der Waals surface area contributed by atoms with Gasteiger partial charge in [-0.15, -0.1) is 0 Å². The predicted molar refractivity (Wildman–Crippen MR) is 70.4 cm³/mol. The summed E-state index contributed by atoms with van der Waals surface area (Å²) in [5.74, 6) is 0. The second-order valence-corrected chi connectivity index (χ2v) is 4.29. The molecular formula is C12H18N2S. The van der Waals surface area contributed by atoms with E-state index in [-0.39, 0.29) is 0 Å². The van der Waals surface area contributed by atoms with Gasteiger partial charge in [-0.3, -0.25) is 0 Å². The van der Waals surface area contributed by atoms with E-state index in [1.54, 1.807) is 0 Å². The molecular weight excluding hydrogens is 204 g/mol. The molecule has 2 nitrogen and oxygen atoms in total. The van der Waals surface area contributed by atoms with E-state index in [1.807, 2.05) is 19.1 Å². The molecule has 0 radical (unpaired) electrons. The Hall–Kier alpha value is -1.09. The summed E-state index contributed by atoms with van der Waals surface area (Å²) in [4.78, 5) is 0.461. The number of nitrogens with one attached hydrogen (secondary N) is 1. The van der Waals surface area contributed by atoms with Crippen LogP contribution in [0.4, 0.5) is 5.69 Å². The molecule has 0 amide bonds. The van der Waals surface area contributed by atoms with Crippen LogP contribution >= 0.6 is 12.2 Å². The van der Waals surface area contributed by atoms with E-state index in [1.165, 1.54) is 0 Å². The summed E-state index contributed by atoms with van der Waals surface area (Å²) < 4.78 is 0. The van der Waals surface area contributed by atoms with E-state index in [9.17, 15) is 0 Å². The highest BCUT2D eigenvalue weighted by molar-refractivity contribution is 7.80. The van der Waals surface area contributed by atoms with Gasteiger partial charge >= 0.3 is 0 Å². The maximum Gasteiger partial charge on any atom is 0.104 e. The standard InChI is InChI=1S/C12H18N2S/c1-4-9(3)14-10-5-6-11(12(13)15)8(2)7-10/h5-7,9,14H,4H2,1-3H3,(H2,13,15). The minimum absolute atomic E-state index is 0.461. The summed E-state index contributed by atoms with van der Waals surface area (Å²) in [7, 11) is 0. The van der Waals surface area contributed by atoms with Gasteiger partial charge in [0.05, 0.1) is 0 Å². The van der Waals surface area contributed by atoms with Crippen molar-refractivity contribution in [3.8, 4) is 0 Å². The molecule has 0 aliphatic rings. The Morgan fingerprint density at radius 3 is 2.67 bits per heavy atom. The highest BCUT2D eigenvalue weighted by Crippen LogP contribution is 2.16. The van der Waals surface area contributed by atoms with Crippen LogP contribution in [0.1, 0.15) is 31.4 Å². The Morgan fingerprint density at radius 1 is 1.53 bits per heavy atom. The summed E-state index contributed by atoms with van der Waals surface area (Å²) in [6.07, 6.45) is 1.11. The van der Waals surface area contributed by atoms with Gasteiger partial charge in [0.25, 0.3) is 0 Å². The average molecular weight is 222 g/mol. The summed E-state index contributed by atoms with van der Waals surface area (Å²) in [5.41, 5.74) is 8.81. The van der Waals surface area contributed by atoms with Crippen LogP contribution in [-0.4, -0.2) is 11.0 Å². The first-order chi connectivity index (χ1) is 7.04. The van der Waals surface area contributed by atoms with Gasteiger partial charge in [0.2, 0.25) is 0 Å². The Labute approximate surface area is 96.9 Å². The fraction of sp³-hybridized carbons (Fsp3) is 0.417. The van der Waals surface area contributed by atoms with Crippen molar-refractivity contribution in [3.63, 3.8) is 0 Å². The van der Waals surface area contributed by atoms with Crippen molar-refractivity contribution in [1.82, 2.24) is 0 Å². The highest BCUT2D eigenvalue weighted by atomic mass is 32.1. The molecule has 1 aromatic rings. The molecule has 0 saturated carbocycles. The number of thiocarbonyl (C=S) groups is 1. The smallest absolute Gasteiger partial charge is 0.104 e. The molecule has 3 N–H and O–H groups in total. The molecule has 1 atom stereocenters. The SMILES string of the molecule is CCC(C)Nc1ccc(C(N)=S)c(C)c1. The van der Waals surface area contributed by atoms with Gasteiger partial charge in [0.15, 0.2) is 0 Å². The lowest BCUT2D eigenvalue weighted by Crippen LogP contribution is -2.15. The molecule has 0 spiro atoms. The van der Waals surface area contributed by atoms with E-state index in [2.05, 4.69) is 25.2 Å². The Kier molecular flexibility index (Phi) is 4.09. The van der Waals surface area contributed by atoms with Crippen molar-refractivity contribution in [3.05, 3.63) is 29.3 Å². The molecule has 0 fully saturated rings. The molecule has 0 saturated heterocycles. The van der Waals surface area contributed by atoms with Crippen molar-refractivity contribution in [2.24, 2.45) is 5.73 Å². The zero-order valence-electron chi connectivity index (χ0n) is 9.50. The average Bonchev–Trinajstić information content (AvgIpc) is 2.17. The lowest BCUT2D eigenvalue weighted by molar-refractivity contribution is 0.764. The van der Waals surface area contributed by atoms with Crippen LogP contribution in [0.2, 0.25) is 0 Å². The number of hydrogen-bond acceptors (Lipinski definition) is 2. The fourth-order valence-electron chi connectivity index (χ4n) is 1.42. The third kappa shape index (κ3) is 3.20. The summed E-state index contributed by atoms with van der Waals surface area (Å²) >= 11 is 4.96. The molecule has 1 rings (SSSR count). The third-order valence-electron chi connectivity index (χ3n) is 2.52. The molecule has 0 aliphatic carbocycles. The molecule has 0 heterocycles. The van der Waals surface area contributed by atoms with Crippen LogP contribution in [0.5, 0.6) is 0 Å². The first-order valence-electron chi connectivity index (χ1n) is 5.21. The molecule has 1 aromatic carbocycles. The van der Waals surface area contributed by atoms with E-state index in [0.29, 0.717) is 11.0 Å². The molecule has 0 aliphatic heterocycles.